The maximum absolute atomic E-state index is 6.16. The van der Waals surface area contributed by atoms with Crippen LogP contribution in [0.3, 0.4) is 0 Å². The van der Waals surface area contributed by atoms with E-state index in [9.17, 15) is 0 Å². The molecular formula is C18H19N3O2S2. The second-order valence-corrected chi connectivity index (χ2v) is 8.19. The van der Waals surface area contributed by atoms with Gasteiger partial charge in [0.1, 0.15) is 16.5 Å². The molecule has 3 heterocycles. The fraction of sp³-hybridized carbons (Fsp3) is 0.333. The van der Waals surface area contributed by atoms with Gasteiger partial charge in [-0.2, -0.15) is 0 Å². The van der Waals surface area contributed by atoms with E-state index in [2.05, 4.69) is 23.8 Å². The molecule has 7 heteroatoms. The van der Waals surface area contributed by atoms with Crippen LogP contribution >= 0.6 is 23.1 Å². The average Bonchev–Trinajstić information content (AvgIpc) is 2.76. The molecular weight excluding hydrogens is 354 g/mol. The van der Waals surface area contributed by atoms with Crippen molar-refractivity contribution >= 4 is 39.1 Å². The third-order valence-corrected chi connectivity index (χ3v) is 6.28. The van der Waals surface area contributed by atoms with Crippen molar-refractivity contribution in [3.05, 3.63) is 34.5 Å². The summed E-state index contributed by atoms with van der Waals surface area (Å²) < 4.78 is 11.4. The Hall–Kier alpha value is -1.99. The Morgan fingerprint density at radius 1 is 1.16 bits per heavy atom. The average molecular weight is 374 g/mol. The summed E-state index contributed by atoms with van der Waals surface area (Å²) in [5.74, 6) is 3.61. The predicted octanol–water partition coefficient (Wildman–Crippen LogP) is 4.34. The SMILES string of the molecule is Cc1sc2nc(CSc3ccc4c(c3)OCCCO4)nc(N)c2c1C. The molecule has 0 amide bonds. The zero-order chi connectivity index (χ0) is 17.4. The second kappa shape index (κ2) is 6.72. The third-order valence-electron chi connectivity index (χ3n) is 4.19. The van der Waals surface area contributed by atoms with E-state index in [1.54, 1.807) is 23.1 Å². The van der Waals surface area contributed by atoms with Crippen molar-refractivity contribution in [2.45, 2.75) is 30.9 Å². The highest BCUT2D eigenvalue weighted by atomic mass is 32.2. The number of hydrogen-bond acceptors (Lipinski definition) is 7. The van der Waals surface area contributed by atoms with Gasteiger partial charge >= 0.3 is 0 Å². The minimum Gasteiger partial charge on any atom is -0.490 e. The Kier molecular flexibility index (Phi) is 4.43. The maximum atomic E-state index is 6.16. The first-order valence-corrected chi connectivity index (χ1v) is 9.96. The van der Waals surface area contributed by atoms with Gasteiger partial charge in [-0.05, 0) is 37.6 Å². The molecule has 0 atom stereocenters. The second-order valence-electron chi connectivity index (χ2n) is 5.94. The summed E-state index contributed by atoms with van der Waals surface area (Å²) in [5, 5.41) is 0.992. The van der Waals surface area contributed by atoms with Gasteiger partial charge in [-0.15, -0.1) is 23.1 Å². The summed E-state index contributed by atoms with van der Waals surface area (Å²) in [4.78, 5) is 12.5. The molecule has 1 aromatic carbocycles. The van der Waals surface area contributed by atoms with E-state index < -0.39 is 0 Å². The molecule has 5 nitrogen and oxygen atoms in total. The molecule has 25 heavy (non-hydrogen) atoms. The van der Waals surface area contributed by atoms with Crippen LogP contribution in [0.2, 0.25) is 0 Å². The largest absolute Gasteiger partial charge is 0.490 e. The highest BCUT2D eigenvalue weighted by Crippen LogP contribution is 2.36. The molecule has 0 saturated heterocycles. The van der Waals surface area contributed by atoms with Crippen LogP contribution < -0.4 is 15.2 Å². The van der Waals surface area contributed by atoms with E-state index in [1.165, 1.54) is 10.4 Å². The number of aromatic nitrogens is 2. The number of hydrogen-bond donors (Lipinski definition) is 1. The highest BCUT2D eigenvalue weighted by Gasteiger charge is 2.14. The molecule has 0 radical (unpaired) electrons. The molecule has 1 aliphatic rings. The van der Waals surface area contributed by atoms with Gasteiger partial charge < -0.3 is 15.2 Å². The molecule has 0 unspecified atom stereocenters. The molecule has 4 rings (SSSR count). The fourth-order valence-corrected chi connectivity index (χ4v) is 4.61. The number of ether oxygens (including phenoxy) is 2. The van der Waals surface area contributed by atoms with Crippen LogP contribution in [0, 0.1) is 13.8 Å². The number of rotatable bonds is 3. The van der Waals surface area contributed by atoms with Gasteiger partial charge in [-0.1, -0.05) is 0 Å². The smallest absolute Gasteiger partial charge is 0.162 e. The van der Waals surface area contributed by atoms with E-state index in [4.69, 9.17) is 15.2 Å². The van der Waals surface area contributed by atoms with E-state index in [-0.39, 0.29) is 0 Å². The van der Waals surface area contributed by atoms with Crippen molar-refractivity contribution in [1.82, 2.24) is 9.97 Å². The van der Waals surface area contributed by atoms with Crippen LogP contribution in [0.25, 0.3) is 10.2 Å². The van der Waals surface area contributed by atoms with E-state index in [1.807, 2.05) is 18.2 Å². The normalized spacial score (nSPS) is 13.8. The van der Waals surface area contributed by atoms with Crippen molar-refractivity contribution in [3.63, 3.8) is 0 Å². The molecule has 0 spiro atoms. The Bertz CT molecular complexity index is 940. The van der Waals surface area contributed by atoms with Crippen molar-refractivity contribution in [2.24, 2.45) is 0 Å². The Morgan fingerprint density at radius 2 is 1.96 bits per heavy atom. The number of nitrogens with zero attached hydrogens (tertiary/aromatic N) is 2. The molecule has 0 aliphatic carbocycles. The van der Waals surface area contributed by atoms with Crippen LogP contribution in [0.4, 0.5) is 5.82 Å². The first-order valence-electron chi connectivity index (χ1n) is 8.16. The molecule has 2 N–H and O–H groups in total. The molecule has 130 valence electrons. The van der Waals surface area contributed by atoms with Crippen LogP contribution in [0.1, 0.15) is 22.7 Å². The Labute approximate surface area is 154 Å². The van der Waals surface area contributed by atoms with Crippen LogP contribution in [-0.2, 0) is 5.75 Å². The molecule has 0 fully saturated rings. The fourth-order valence-electron chi connectivity index (χ4n) is 2.77. The number of aryl methyl sites for hydroxylation is 2. The number of thioether (sulfide) groups is 1. The number of benzene rings is 1. The van der Waals surface area contributed by atoms with E-state index in [0.717, 1.165) is 38.9 Å². The molecule has 0 saturated carbocycles. The lowest BCUT2D eigenvalue weighted by atomic mass is 10.2. The van der Waals surface area contributed by atoms with Gasteiger partial charge in [0.05, 0.1) is 24.4 Å². The molecule has 2 aromatic heterocycles. The van der Waals surface area contributed by atoms with Crippen LogP contribution in [0.5, 0.6) is 11.5 Å². The lowest BCUT2D eigenvalue weighted by Gasteiger charge is -2.09. The first-order chi connectivity index (χ1) is 12.1. The summed E-state index contributed by atoms with van der Waals surface area (Å²) >= 11 is 3.34. The zero-order valence-corrected chi connectivity index (χ0v) is 15.8. The van der Waals surface area contributed by atoms with Gasteiger partial charge in [0.2, 0.25) is 0 Å². The van der Waals surface area contributed by atoms with Gasteiger partial charge in [0.15, 0.2) is 11.5 Å². The first kappa shape index (κ1) is 16.5. The van der Waals surface area contributed by atoms with Crippen molar-refractivity contribution in [2.75, 3.05) is 18.9 Å². The summed E-state index contributed by atoms with van der Waals surface area (Å²) in [6.45, 7) is 5.55. The molecule has 0 bridgehead atoms. The standard InChI is InChI=1S/C18H19N3O2S2/c1-10-11(2)25-18-16(10)17(19)20-15(21-18)9-24-12-4-5-13-14(8-12)23-7-3-6-22-13/h4-5,8H,3,6-7,9H2,1-2H3,(H2,19,20,21). The maximum Gasteiger partial charge on any atom is 0.162 e. The number of fused-ring (bicyclic) bond motifs is 2. The monoisotopic (exact) mass is 373 g/mol. The van der Waals surface area contributed by atoms with Gasteiger partial charge in [-0.25, -0.2) is 9.97 Å². The Morgan fingerprint density at radius 3 is 2.80 bits per heavy atom. The summed E-state index contributed by atoms with van der Waals surface area (Å²) in [7, 11) is 0. The Balaban J connectivity index is 1.55. The van der Waals surface area contributed by atoms with Gasteiger partial charge in [0.25, 0.3) is 0 Å². The van der Waals surface area contributed by atoms with Crippen LogP contribution in [-0.4, -0.2) is 23.2 Å². The van der Waals surface area contributed by atoms with Crippen molar-refractivity contribution < 1.29 is 9.47 Å². The van der Waals surface area contributed by atoms with Crippen molar-refractivity contribution in [1.29, 1.82) is 0 Å². The summed E-state index contributed by atoms with van der Waals surface area (Å²) in [6, 6.07) is 6.03. The van der Waals surface area contributed by atoms with E-state index in [0.29, 0.717) is 24.8 Å². The number of thiophene rings is 1. The number of nitrogens with two attached hydrogens (primary N) is 1. The quantitative estimate of drug-likeness (QED) is 0.689. The topological polar surface area (TPSA) is 70.3 Å². The van der Waals surface area contributed by atoms with E-state index >= 15 is 0 Å². The van der Waals surface area contributed by atoms with Gasteiger partial charge in [-0.3, -0.25) is 0 Å². The summed E-state index contributed by atoms with van der Waals surface area (Å²) in [6.07, 6.45) is 0.907. The molecule has 1 aliphatic heterocycles. The minimum atomic E-state index is 0.570. The summed E-state index contributed by atoms with van der Waals surface area (Å²) in [5.41, 5.74) is 7.34. The third kappa shape index (κ3) is 3.26. The predicted molar refractivity (Wildman–Crippen MR) is 103 cm³/mol. The minimum absolute atomic E-state index is 0.570. The zero-order valence-electron chi connectivity index (χ0n) is 14.2. The number of anilines is 1. The van der Waals surface area contributed by atoms with Gasteiger partial charge in [0, 0.05) is 16.2 Å². The van der Waals surface area contributed by atoms with Crippen molar-refractivity contribution in [3.8, 4) is 11.5 Å². The molecule has 3 aromatic rings. The lowest BCUT2D eigenvalue weighted by molar-refractivity contribution is 0.297. The lowest BCUT2D eigenvalue weighted by Crippen LogP contribution is -1.99. The number of nitrogen functional groups attached to an aromatic ring is 1. The highest BCUT2D eigenvalue weighted by molar-refractivity contribution is 7.98. The van der Waals surface area contributed by atoms with Crippen LogP contribution in [0.15, 0.2) is 23.1 Å².